The Morgan fingerprint density at radius 1 is 1.55 bits per heavy atom. The SMILES string of the molecule is Cc1sc(C(=O)N(C)Cc2nnc3n2CCC3)cc1N. The van der Waals surface area contributed by atoms with Crippen molar-refractivity contribution in [2.75, 3.05) is 12.8 Å². The zero-order chi connectivity index (χ0) is 14.3. The Balaban J connectivity index is 1.75. The van der Waals surface area contributed by atoms with Crippen LogP contribution in [0.4, 0.5) is 5.69 Å². The predicted octanol–water partition coefficient (Wildman–Crippen LogP) is 1.45. The van der Waals surface area contributed by atoms with Crippen molar-refractivity contribution in [2.45, 2.75) is 32.9 Å². The normalized spacial score (nSPS) is 13.5. The molecule has 0 saturated carbocycles. The molecule has 1 amide bonds. The van der Waals surface area contributed by atoms with Crippen LogP contribution in [0.5, 0.6) is 0 Å². The van der Waals surface area contributed by atoms with Gasteiger partial charge in [-0.15, -0.1) is 21.5 Å². The standard InChI is InChI=1S/C13H17N5OS/c1-8-9(14)6-10(20-8)13(19)17(2)7-12-16-15-11-4-3-5-18(11)12/h6H,3-5,7,14H2,1-2H3. The van der Waals surface area contributed by atoms with Gasteiger partial charge in [0, 0.05) is 30.6 Å². The number of carbonyl (C=O) groups excluding carboxylic acids is 1. The van der Waals surface area contributed by atoms with E-state index in [2.05, 4.69) is 14.8 Å². The summed E-state index contributed by atoms with van der Waals surface area (Å²) in [5.74, 6) is 1.86. The van der Waals surface area contributed by atoms with Crippen molar-refractivity contribution in [3.8, 4) is 0 Å². The number of amides is 1. The average molecular weight is 291 g/mol. The van der Waals surface area contributed by atoms with Crippen LogP contribution in [-0.2, 0) is 19.5 Å². The van der Waals surface area contributed by atoms with Gasteiger partial charge >= 0.3 is 0 Å². The van der Waals surface area contributed by atoms with Crippen LogP contribution in [0.1, 0.15) is 32.6 Å². The number of fused-ring (bicyclic) bond motifs is 1. The molecule has 20 heavy (non-hydrogen) atoms. The minimum Gasteiger partial charge on any atom is -0.398 e. The van der Waals surface area contributed by atoms with Crippen LogP contribution in [0.15, 0.2) is 6.07 Å². The minimum absolute atomic E-state index is 0.0230. The van der Waals surface area contributed by atoms with Crippen LogP contribution in [0.2, 0.25) is 0 Å². The number of nitrogens with zero attached hydrogens (tertiary/aromatic N) is 4. The maximum absolute atomic E-state index is 12.4. The van der Waals surface area contributed by atoms with E-state index in [0.29, 0.717) is 17.1 Å². The van der Waals surface area contributed by atoms with Gasteiger partial charge in [0.2, 0.25) is 0 Å². The Morgan fingerprint density at radius 2 is 2.35 bits per heavy atom. The molecule has 106 valence electrons. The molecule has 0 unspecified atom stereocenters. The van der Waals surface area contributed by atoms with E-state index in [0.717, 1.165) is 35.9 Å². The van der Waals surface area contributed by atoms with Gasteiger partial charge in [0.25, 0.3) is 5.91 Å². The van der Waals surface area contributed by atoms with E-state index in [4.69, 9.17) is 5.73 Å². The number of rotatable bonds is 3. The fourth-order valence-corrected chi connectivity index (χ4v) is 3.34. The topological polar surface area (TPSA) is 77.0 Å². The molecule has 0 radical (unpaired) electrons. The predicted molar refractivity (Wildman–Crippen MR) is 77.6 cm³/mol. The average Bonchev–Trinajstić information content (AvgIpc) is 3.08. The maximum atomic E-state index is 12.4. The van der Waals surface area contributed by atoms with Gasteiger partial charge in [-0.3, -0.25) is 4.79 Å². The molecule has 2 aromatic heterocycles. The van der Waals surface area contributed by atoms with E-state index in [1.165, 1.54) is 11.3 Å². The van der Waals surface area contributed by atoms with Crippen molar-refractivity contribution < 1.29 is 4.79 Å². The van der Waals surface area contributed by atoms with Gasteiger partial charge in [0.05, 0.1) is 11.4 Å². The maximum Gasteiger partial charge on any atom is 0.264 e. The minimum atomic E-state index is -0.0230. The molecule has 1 aliphatic heterocycles. The van der Waals surface area contributed by atoms with Gasteiger partial charge < -0.3 is 15.2 Å². The van der Waals surface area contributed by atoms with Crippen molar-refractivity contribution in [3.63, 3.8) is 0 Å². The van der Waals surface area contributed by atoms with Crippen LogP contribution in [0, 0.1) is 6.92 Å². The lowest BCUT2D eigenvalue weighted by molar-refractivity contribution is 0.0785. The summed E-state index contributed by atoms with van der Waals surface area (Å²) in [4.78, 5) is 15.7. The molecular formula is C13H17N5OS. The summed E-state index contributed by atoms with van der Waals surface area (Å²) in [5.41, 5.74) is 6.48. The van der Waals surface area contributed by atoms with E-state index in [1.54, 1.807) is 18.0 Å². The first kappa shape index (κ1) is 13.1. The van der Waals surface area contributed by atoms with Gasteiger partial charge in [-0.1, -0.05) is 0 Å². The molecule has 0 atom stereocenters. The molecule has 0 aromatic carbocycles. The lowest BCUT2D eigenvalue weighted by Crippen LogP contribution is -2.27. The van der Waals surface area contributed by atoms with Gasteiger partial charge in [0.15, 0.2) is 5.82 Å². The molecule has 0 bridgehead atoms. The smallest absolute Gasteiger partial charge is 0.264 e. The number of carbonyl (C=O) groups is 1. The van der Waals surface area contributed by atoms with Crippen molar-refractivity contribution in [2.24, 2.45) is 0 Å². The highest BCUT2D eigenvalue weighted by molar-refractivity contribution is 7.14. The molecule has 0 saturated heterocycles. The third-order valence-corrected chi connectivity index (χ3v) is 4.63. The third kappa shape index (κ3) is 2.18. The van der Waals surface area contributed by atoms with E-state index in [1.807, 2.05) is 6.92 Å². The zero-order valence-corrected chi connectivity index (χ0v) is 12.4. The van der Waals surface area contributed by atoms with Gasteiger partial charge in [-0.05, 0) is 19.4 Å². The van der Waals surface area contributed by atoms with Gasteiger partial charge in [-0.2, -0.15) is 0 Å². The Labute approximate surface area is 121 Å². The van der Waals surface area contributed by atoms with Crippen molar-refractivity contribution >= 4 is 22.9 Å². The monoisotopic (exact) mass is 291 g/mol. The highest BCUT2D eigenvalue weighted by Gasteiger charge is 2.21. The third-order valence-electron chi connectivity index (χ3n) is 3.58. The summed E-state index contributed by atoms with van der Waals surface area (Å²) in [6, 6.07) is 1.74. The number of hydrogen-bond donors (Lipinski definition) is 1. The number of thiophene rings is 1. The molecule has 3 heterocycles. The number of hydrogen-bond acceptors (Lipinski definition) is 5. The first-order chi connectivity index (χ1) is 9.56. The second-order valence-electron chi connectivity index (χ2n) is 5.07. The molecular weight excluding hydrogens is 274 g/mol. The van der Waals surface area contributed by atoms with Crippen LogP contribution < -0.4 is 5.73 Å². The van der Waals surface area contributed by atoms with E-state index in [-0.39, 0.29) is 5.91 Å². The number of nitrogen functional groups attached to an aromatic ring is 1. The number of anilines is 1. The van der Waals surface area contributed by atoms with Gasteiger partial charge in [0.1, 0.15) is 5.82 Å². The Morgan fingerprint density at radius 3 is 3.05 bits per heavy atom. The van der Waals surface area contributed by atoms with Crippen molar-refractivity contribution in [3.05, 3.63) is 27.5 Å². The van der Waals surface area contributed by atoms with Crippen molar-refractivity contribution in [1.29, 1.82) is 0 Å². The second kappa shape index (κ2) is 4.90. The van der Waals surface area contributed by atoms with Crippen molar-refractivity contribution in [1.82, 2.24) is 19.7 Å². The molecule has 0 fully saturated rings. The molecule has 3 rings (SSSR count). The highest BCUT2D eigenvalue weighted by Crippen LogP contribution is 2.25. The summed E-state index contributed by atoms with van der Waals surface area (Å²) in [7, 11) is 1.78. The largest absolute Gasteiger partial charge is 0.398 e. The Bertz CT molecular complexity index is 640. The molecule has 1 aliphatic rings. The van der Waals surface area contributed by atoms with Gasteiger partial charge in [-0.25, -0.2) is 0 Å². The summed E-state index contributed by atoms with van der Waals surface area (Å²) in [5, 5.41) is 8.33. The summed E-state index contributed by atoms with van der Waals surface area (Å²) < 4.78 is 2.11. The van der Waals surface area contributed by atoms with Crippen LogP contribution in [-0.4, -0.2) is 32.6 Å². The van der Waals surface area contributed by atoms with E-state index >= 15 is 0 Å². The fraction of sp³-hybridized carbons (Fsp3) is 0.462. The van der Waals surface area contributed by atoms with Crippen LogP contribution in [0.25, 0.3) is 0 Å². The number of nitrogens with two attached hydrogens (primary N) is 1. The molecule has 7 heteroatoms. The Kier molecular flexibility index (Phi) is 3.21. The molecule has 2 aromatic rings. The zero-order valence-electron chi connectivity index (χ0n) is 11.6. The number of aromatic nitrogens is 3. The summed E-state index contributed by atoms with van der Waals surface area (Å²) in [6.45, 7) is 3.34. The van der Waals surface area contributed by atoms with E-state index < -0.39 is 0 Å². The molecule has 0 spiro atoms. The van der Waals surface area contributed by atoms with Crippen LogP contribution >= 0.6 is 11.3 Å². The first-order valence-electron chi connectivity index (χ1n) is 6.58. The Hall–Kier alpha value is -1.89. The lowest BCUT2D eigenvalue weighted by atomic mass is 10.3. The first-order valence-corrected chi connectivity index (χ1v) is 7.40. The fourth-order valence-electron chi connectivity index (χ4n) is 2.40. The second-order valence-corrected chi connectivity index (χ2v) is 6.33. The summed E-state index contributed by atoms with van der Waals surface area (Å²) in [6.07, 6.45) is 2.08. The quantitative estimate of drug-likeness (QED) is 0.928. The van der Waals surface area contributed by atoms with Crippen LogP contribution in [0.3, 0.4) is 0 Å². The van der Waals surface area contributed by atoms with E-state index in [9.17, 15) is 4.79 Å². The lowest BCUT2D eigenvalue weighted by Gasteiger charge is -2.15. The molecule has 0 aliphatic carbocycles. The molecule has 6 nitrogen and oxygen atoms in total. The highest BCUT2D eigenvalue weighted by atomic mass is 32.1. The molecule has 2 N–H and O–H groups in total. The summed E-state index contributed by atoms with van der Waals surface area (Å²) >= 11 is 1.43. The number of aryl methyl sites for hydroxylation is 2.